The second kappa shape index (κ2) is 6.10. The number of hydrogen-bond donors (Lipinski definition) is 1. The van der Waals surface area contributed by atoms with E-state index in [1.54, 1.807) is 12.1 Å². The molecule has 0 unspecified atom stereocenters. The number of phenols is 1. The third kappa shape index (κ3) is 2.79. The van der Waals surface area contributed by atoms with Crippen LogP contribution in [0.15, 0.2) is 83.3 Å². The topological polar surface area (TPSA) is 33.1 Å². The summed E-state index contributed by atoms with van der Waals surface area (Å²) >= 11 is 3.55. The van der Waals surface area contributed by atoms with Crippen molar-refractivity contribution in [3.8, 4) is 28.1 Å². The summed E-state index contributed by atoms with van der Waals surface area (Å²) in [5, 5.41) is 10.6. The van der Waals surface area contributed by atoms with Crippen LogP contribution in [-0.4, -0.2) is 10.1 Å². The van der Waals surface area contributed by atoms with Crippen LogP contribution < -0.4 is 0 Å². The molecule has 0 amide bonds. The molecule has 0 fully saturated rings. The summed E-state index contributed by atoms with van der Waals surface area (Å²) in [6, 6.07) is 25.7. The van der Waals surface area contributed by atoms with Crippen molar-refractivity contribution in [1.82, 2.24) is 4.98 Å². The van der Waals surface area contributed by atoms with Gasteiger partial charge in [-0.25, -0.2) is 4.98 Å². The van der Waals surface area contributed by atoms with Gasteiger partial charge >= 0.3 is 0 Å². The Balaban J connectivity index is 2.00. The summed E-state index contributed by atoms with van der Waals surface area (Å²) in [5.41, 5.74) is 5.12. The van der Waals surface area contributed by atoms with Gasteiger partial charge in [-0.05, 0) is 59.7 Å². The molecule has 3 aromatic carbocycles. The number of phenolic OH excluding ortho intramolecular Hbond substituents is 1. The minimum Gasteiger partial charge on any atom is -0.508 e. The molecule has 0 radical (unpaired) electrons. The first-order valence-corrected chi connectivity index (χ1v) is 8.45. The second-order valence-corrected chi connectivity index (χ2v) is 6.55. The molecule has 3 heteroatoms. The van der Waals surface area contributed by atoms with E-state index in [0.717, 1.165) is 37.8 Å². The Morgan fingerprint density at radius 2 is 1.50 bits per heavy atom. The van der Waals surface area contributed by atoms with E-state index in [1.165, 1.54) is 0 Å². The van der Waals surface area contributed by atoms with Crippen LogP contribution >= 0.6 is 15.9 Å². The number of halogens is 1. The summed E-state index contributed by atoms with van der Waals surface area (Å²) in [5.74, 6) is 0.256. The number of nitrogens with zero attached hydrogens (tertiary/aromatic N) is 1. The molecule has 0 aliphatic heterocycles. The van der Waals surface area contributed by atoms with E-state index in [1.807, 2.05) is 42.5 Å². The number of pyridine rings is 1. The molecule has 1 heterocycles. The van der Waals surface area contributed by atoms with Crippen LogP contribution in [0.2, 0.25) is 0 Å². The smallest absolute Gasteiger partial charge is 0.115 e. The molecular formula is C21H14BrNO. The zero-order chi connectivity index (χ0) is 16.5. The Labute approximate surface area is 148 Å². The summed E-state index contributed by atoms with van der Waals surface area (Å²) in [7, 11) is 0. The van der Waals surface area contributed by atoms with E-state index < -0.39 is 0 Å². The van der Waals surface area contributed by atoms with Crippen LogP contribution in [0.3, 0.4) is 0 Å². The van der Waals surface area contributed by atoms with E-state index in [-0.39, 0.29) is 5.75 Å². The number of aromatic nitrogens is 1. The van der Waals surface area contributed by atoms with Crippen molar-refractivity contribution in [1.29, 1.82) is 0 Å². The van der Waals surface area contributed by atoms with Gasteiger partial charge in [0.2, 0.25) is 0 Å². The summed E-state index contributed by atoms with van der Waals surface area (Å²) < 4.78 is 1.03. The van der Waals surface area contributed by atoms with Crippen molar-refractivity contribution >= 4 is 26.8 Å². The van der Waals surface area contributed by atoms with Crippen molar-refractivity contribution in [2.45, 2.75) is 0 Å². The van der Waals surface area contributed by atoms with Gasteiger partial charge in [-0.2, -0.15) is 0 Å². The van der Waals surface area contributed by atoms with Crippen molar-refractivity contribution < 1.29 is 5.11 Å². The Hall–Kier alpha value is -2.65. The molecule has 2 nitrogen and oxygen atoms in total. The summed E-state index contributed by atoms with van der Waals surface area (Å²) in [6.07, 6.45) is 0. The number of fused-ring (bicyclic) bond motifs is 1. The third-order valence-electron chi connectivity index (χ3n) is 4.02. The predicted molar refractivity (Wildman–Crippen MR) is 102 cm³/mol. The van der Waals surface area contributed by atoms with Gasteiger partial charge in [0.1, 0.15) is 5.75 Å². The lowest BCUT2D eigenvalue weighted by Gasteiger charge is -2.11. The highest BCUT2D eigenvalue weighted by Gasteiger charge is 2.10. The first kappa shape index (κ1) is 14.9. The second-order valence-electron chi connectivity index (χ2n) is 5.63. The molecule has 1 aromatic heterocycles. The lowest BCUT2D eigenvalue weighted by Crippen LogP contribution is -1.90. The van der Waals surface area contributed by atoms with Crippen LogP contribution in [0.5, 0.6) is 5.75 Å². The summed E-state index contributed by atoms with van der Waals surface area (Å²) in [4.78, 5) is 4.80. The van der Waals surface area contributed by atoms with Crippen molar-refractivity contribution in [3.05, 3.63) is 83.3 Å². The average Bonchev–Trinajstić information content (AvgIpc) is 2.62. The molecule has 4 aromatic rings. The SMILES string of the molecule is Oc1ccc(-c2cc(-c3ccccc3)c3cc(Br)ccc3n2)cc1. The lowest BCUT2D eigenvalue weighted by molar-refractivity contribution is 0.475. The minimum absolute atomic E-state index is 0.256. The maximum Gasteiger partial charge on any atom is 0.115 e. The van der Waals surface area contributed by atoms with Gasteiger partial charge in [-0.1, -0.05) is 46.3 Å². The van der Waals surface area contributed by atoms with Gasteiger partial charge < -0.3 is 5.11 Å². The number of aromatic hydroxyl groups is 1. The molecule has 0 aliphatic carbocycles. The maximum atomic E-state index is 9.51. The van der Waals surface area contributed by atoms with Crippen LogP contribution in [0.4, 0.5) is 0 Å². The maximum absolute atomic E-state index is 9.51. The zero-order valence-corrected chi connectivity index (χ0v) is 14.4. The largest absolute Gasteiger partial charge is 0.508 e. The number of hydrogen-bond acceptors (Lipinski definition) is 2. The molecule has 4 rings (SSSR count). The van der Waals surface area contributed by atoms with E-state index in [2.05, 4.69) is 40.2 Å². The lowest BCUT2D eigenvalue weighted by atomic mass is 9.98. The molecular weight excluding hydrogens is 362 g/mol. The van der Waals surface area contributed by atoms with Crippen LogP contribution in [-0.2, 0) is 0 Å². The van der Waals surface area contributed by atoms with Gasteiger partial charge in [0.25, 0.3) is 0 Å². The number of rotatable bonds is 2. The van der Waals surface area contributed by atoms with E-state index >= 15 is 0 Å². The highest BCUT2D eigenvalue weighted by Crippen LogP contribution is 2.33. The average molecular weight is 376 g/mol. The Morgan fingerprint density at radius 3 is 2.25 bits per heavy atom. The van der Waals surface area contributed by atoms with E-state index in [0.29, 0.717) is 0 Å². The van der Waals surface area contributed by atoms with Crippen LogP contribution in [0.25, 0.3) is 33.3 Å². The molecule has 0 aliphatic rings. The molecule has 0 saturated heterocycles. The molecule has 116 valence electrons. The van der Waals surface area contributed by atoms with Crippen molar-refractivity contribution in [2.24, 2.45) is 0 Å². The predicted octanol–water partition coefficient (Wildman–Crippen LogP) is 6.04. The highest BCUT2D eigenvalue weighted by molar-refractivity contribution is 9.10. The first-order valence-electron chi connectivity index (χ1n) is 7.66. The Morgan fingerprint density at radius 1 is 0.750 bits per heavy atom. The van der Waals surface area contributed by atoms with Crippen LogP contribution in [0, 0.1) is 0 Å². The van der Waals surface area contributed by atoms with E-state index in [9.17, 15) is 5.11 Å². The standard InChI is InChI=1S/C21H14BrNO/c22-16-8-11-20-19(12-16)18(14-4-2-1-3-5-14)13-21(23-20)15-6-9-17(24)10-7-15/h1-13,24H. The Bertz CT molecular complexity index is 1010. The molecule has 0 spiro atoms. The highest BCUT2D eigenvalue weighted by atomic mass is 79.9. The van der Waals surface area contributed by atoms with E-state index in [4.69, 9.17) is 4.98 Å². The summed E-state index contributed by atoms with van der Waals surface area (Å²) in [6.45, 7) is 0. The molecule has 0 bridgehead atoms. The first-order chi connectivity index (χ1) is 11.7. The normalized spacial score (nSPS) is 10.9. The van der Waals surface area contributed by atoms with Gasteiger partial charge in [0.05, 0.1) is 11.2 Å². The number of benzene rings is 3. The van der Waals surface area contributed by atoms with Crippen molar-refractivity contribution in [2.75, 3.05) is 0 Å². The van der Waals surface area contributed by atoms with Gasteiger partial charge in [0.15, 0.2) is 0 Å². The molecule has 24 heavy (non-hydrogen) atoms. The van der Waals surface area contributed by atoms with Gasteiger partial charge in [-0.3, -0.25) is 0 Å². The Kier molecular flexibility index (Phi) is 3.79. The fourth-order valence-corrected chi connectivity index (χ4v) is 3.20. The third-order valence-corrected chi connectivity index (χ3v) is 4.51. The van der Waals surface area contributed by atoms with Crippen molar-refractivity contribution in [3.63, 3.8) is 0 Å². The quantitative estimate of drug-likeness (QED) is 0.463. The fraction of sp³-hybridized carbons (Fsp3) is 0. The fourth-order valence-electron chi connectivity index (χ4n) is 2.83. The minimum atomic E-state index is 0.256. The molecule has 0 saturated carbocycles. The molecule has 1 N–H and O–H groups in total. The van der Waals surface area contributed by atoms with Crippen LogP contribution in [0.1, 0.15) is 0 Å². The monoisotopic (exact) mass is 375 g/mol. The molecule has 0 atom stereocenters. The van der Waals surface area contributed by atoms with Gasteiger partial charge in [0, 0.05) is 15.4 Å². The van der Waals surface area contributed by atoms with Gasteiger partial charge in [-0.15, -0.1) is 0 Å². The zero-order valence-electron chi connectivity index (χ0n) is 12.8.